The van der Waals surface area contributed by atoms with Gasteiger partial charge in [-0.3, -0.25) is 0 Å². The van der Waals surface area contributed by atoms with Crippen molar-refractivity contribution in [1.82, 2.24) is 0 Å². The monoisotopic (exact) mass is 267 g/mol. The third-order valence-corrected chi connectivity index (χ3v) is 2.90. The van der Waals surface area contributed by atoms with Crippen molar-refractivity contribution in [2.75, 3.05) is 13.2 Å². The van der Waals surface area contributed by atoms with Gasteiger partial charge in [-0.1, -0.05) is 30.3 Å². The summed E-state index contributed by atoms with van der Waals surface area (Å²) in [5.41, 5.74) is 1.69. The van der Waals surface area contributed by atoms with Gasteiger partial charge < -0.3 is 9.47 Å². The van der Waals surface area contributed by atoms with Crippen LogP contribution in [0.1, 0.15) is 17.5 Å². The lowest BCUT2D eigenvalue weighted by Gasteiger charge is -2.10. The summed E-state index contributed by atoms with van der Waals surface area (Å²) in [4.78, 5) is 0. The molecular formula is C17H17NO2. The Morgan fingerprint density at radius 2 is 1.50 bits per heavy atom. The van der Waals surface area contributed by atoms with Crippen LogP contribution in [0.2, 0.25) is 0 Å². The molecule has 102 valence electrons. The van der Waals surface area contributed by atoms with Crippen molar-refractivity contribution < 1.29 is 9.47 Å². The minimum Gasteiger partial charge on any atom is -0.493 e. The SMILES string of the molecule is Cc1ccccc1OCCCOc1ccccc1C#N. The highest BCUT2D eigenvalue weighted by molar-refractivity contribution is 5.42. The molecule has 0 aliphatic rings. The van der Waals surface area contributed by atoms with E-state index in [2.05, 4.69) is 6.07 Å². The first kappa shape index (κ1) is 14.0. The molecule has 3 nitrogen and oxygen atoms in total. The number of hydrogen-bond acceptors (Lipinski definition) is 3. The molecule has 0 unspecified atom stereocenters. The maximum Gasteiger partial charge on any atom is 0.137 e. The first-order valence-corrected chi connectivity index (χ1v) is 6.61. The van der Waals surface area contributed by atoms with Crippen LogP contribution in [0, 0.1) is 18.3 Å². The van der Waals surface area contributed by atoms with E-state index in [4.69, 9.17) is 14.7 Å². The first-order valence-electron chi connectivity index (χ1n) is 6.61. The van der Waals surface area contributed by atoms with E-state index in [9.17, 15) is 0 Å². The molecule has 0 bridgehead atoms. The molecule has 0 amide bonds. The van der Waals surface area contributed by atoms with Crippen LogP contribution in [0.5, 0.6) is 11.5 Å². The molecular weight excluding hydrogens is 250 g/mol. The third-order valence-electron chi connectivity index (χ3n) is 2.90. The summed E-state index contributed by atoms with van der Waals surface area (Å²) in [6, 6.07) is 17.3. The van der Waals surface area contributed by atoms with E-state index in [1.54, 1.807) is 12.1 Å². The van der Waals surface area contributed by atoms with Gasteiger partial charge in [0, 0.05) is 6.42 Å². The molecule has 0 atom stereocenters. The minimum atomic E-state index is 0.532. The van der Waals surface area contributed by atoms with Gasteiger partial charge in [0.1, 0.15) is 17.6 Å². The molecule has 0 aliphatic heterocycles. The number of benzene rings is 2. The van der Waals surface area contributed by atoms with Gasteiger partial charge in [0.2, 0.25) is 0 Å². The van der Waals surface area contributed by atoms with Gasteiger partial charge in [-0.05, 0) is 30.7 Å². The number of nitriles is 1. The highest BCUT2D eigenvalue weighted by atomic mass is 16.5. The van der Waals surface area contributed by atoms with Gasteiger partial charge in [0.15, 0.2) is 0 Å². The summed E-state index contributed by atoms with van der Waals surface area (Å²) in [5.74, 6) is 1.54. The minimum absolute atomic E-state index is 0.532. The summed E-state index contributed by atoms with van der Waals surface area (Å²) in [7, 11) is 0. The van der Waals surface area contributed by atoms with Gasteiger partial charge in [-0.2, -0.15) is 5.26 Å². The summed E-state index contributed by atoms with van der Waals surface area (Å²) in [6.45, 7) is 3.15. The topological polar surface area (TPSA) is 42.2 Å². The number of para-hydroxylation sites is 2. The van der Waals surface area contributed by atoms with E-state index in [1.165, 1.54) is 0 Å². The number of ether oxygens (including phenoxy) is 2. The Hall–Kier alpha value is -2.47. The molecule has 0 spiro atoms. The molecule has 2 aromatic rings. The Kier molecular flexibility index (Phi) is 5.02. The maximum atomic E-state index is 8.95. The van der Waals surface area contributed by atoms with E-state index in [1.807, 2.05) is 43.3 Å². The molecule has 0 aliphatic carbocycles. The van der Waals surface area contributed by atoms with Crippen LogP contribution >= 0.6 is 0 Å². The van der Waals surface area contributed by atoms with Crippen LogP contribution < -0.4 is 9.47 Å². The number of nitrogens with zero attached hydrogens (tertiary/aromatic N) is 1. The summed E-state index contributed by atoms with van der Waals surface area (Å²) < 4.78 is 11.3. The summed E-state index contributed by atoms with van der Waals surface area (Å²) in [6.07, 6.45) is 0.772. The largest absolute Gasteiger partial charge is 0.493 e. The Bertz CT molecular complexity index is 602. The van der Waals surface area contributed by atoms with Crippen molar-refractivity contribution in [1.29, 1.82) is 5.26 Å². The van der Waals surface area contributed by atoms with E-state index < -0.39 is 0 Å². The van der Waals surface area contributed by atoms with Crippen LogP contribution in [0.4, 0.5) is 0 Å². The zero-order valence-corrected chi connectivity index (χ0v) is 11.5. The average Bonchev–Trinajstić information content (AvgIpc) is 2.49. The second kappa shape index (κ2) is 7.20. The van der Waals surface area contributed by atoms with Gasteiger partial charge >= 0.3 is 0 Å². The predicted molar refractivity (Wildman–Crippen MR) is 77.9 cm³/mol. The molecule has 2 aromatic carbocycles. The van der Waals surface area contributed by atoms with Crippen molar-refractivity contribution in [3.63, 3.8) is 0 Å². The highest BCUT2D eigenvalue weighted by Gasteiger charge is 2.01. The fourth-order valence-corrected chi connectivity index (χ4v) is 1.83. The molecule has 0 heterocycles. The fraction of sp³-hybridized carbons (Fsp3) is 0.235. The lowest BCUT2D eigenvalue weighted by atomic mass is 10.2. The third kappa shape index (κ3) is 3.76. The standard InChI is InChI=1S/C17H17NO2/c1-14-7-2-4-9-16(14)19-11-6-12-20-17-10-5-3-8-15(17)13-18/h2-5,7-10H,6,11-12H2,1H3. The van der Waals surface area contributed by atoms with E-state index in [0.717, 1.165) is 17.7 Å². The van der Waals surface area contributed by atoms with Crippen molar-refractivity contribution in [2.24, 2.45) is 0 Å². The van der Waals surface area contributed by atoms with Crippen LogP contribution in [-0.4, -0.2) is 13.2 Å². The average molecular weight is 267 g/mol. The fourth-order valence-electron chi connectivity index (χ4n) is 1.83. The quantitative estimate of drug-likeness (QED) is 0.749. The van der Waals surface area contributed by atoms with Crippen LogP contribution in [0.15, 0.2) is 48.5 Å². The summed E-state index contributed by atoms with van der Waals surface area (Å²) in [5, 5.41) is 8.95. The van der Waals surface area contributed by atoms with Crippen LogP contribution in [0.25, 0.3) is 0 Å². The van der Waals surface area contributed by atoms with Crippen molar-refractivity contribution in [2.45, 2.75) is 13.3 Å². The second-order valence-corrected chi connectivity index (χ2v) is 4.42. The Morgan fingerprint density at radius 1 is 0.900 bits per heavy atom. The zero-order chi connectivity index (χ0) is 14.2. The van der Waals surface area contributed by atoms with Crippen LogP contribution in [-0.2, 0) is 0 Å². The molecule has 3 heteroatoms. The molecule has 0 aromatic heterocycles. The van der Waals surface area contributed by atoms with Gasteiger partial charge in [-0.15, -0.1) is 0 Å². The van der Waals surface area contributed by atoms with E-state index in [0.29, 0.717) is 24.5 Å². The normalized spacial score (nSPS) is 9.80. The van der Waals surface area contributed by atoms with Gasteiger partial charge in [0.05, 0.1) is 18.8 Å². The molecule has 0 saturated heterocycles. The van der Waals surface area contributed by atoms with Gasteiger partial charge in [0.25, 0.3) is 0 Å². The molecule has 0 fully saturated rings. The maximum absolute atomic E-state index is 8.95. The van der Waals surface area contributed by atoms with Gasteiger partial charge in [-0.25, -0.2) is 0 Å². The lowest BCUT2D eigenvalue weighted by Crippen LogP contribution is -2.06. The predicted octanol–water partition coefficient (Wildman–Crippen LogP) is 3.71. The molecule has 0 radical (unpaired) electrons. The van der Waals surface area contributed by atoms with Crippen LogP contribution in [0.3, 0.4) is 0 Å². The van der Waals surface area contributed by atoms with Crippen molar-refractivity contribution in [3.8, 4) is 17.6 Å². The van der Waals surface area contributed by atoms with E-state index >= 15 is 0 Å². The first-order chi connectivity index (χ1) is 9.81. The smallest absolute Gasteiger partial charge is 0.137 e. The number of aryl methyl sites for hydroxylation is 1. The lowest BCUT2D eigenvalue weighted by molar-refractivity contribution is 0.246. The number of rotatable bonds is 6. The van der Waals surface area contributed by atoms with Crippen molar-refractivity contribution >= 4 is 0 Å². The molecule has 2 rings (SSSR count). The highest BCUT2D eigenvalue weighted by Crippen LogP contribution is 2.18. The summed E-state index contributed by atoms with van der Waals surface area (Å²) >= 11 is 0. The Morgan fingerprint density at radius 3 is 2.20 bits per heavy atom. The molecule has 20 heavy (non-hydrogen) atoms. The number of hydrogen-bond donors (Lipinski definition) is 0. The van der Waals surface area contributed by atoms with E-state index in [-0.39, 0.29) is 0 Å². The zero-order valence-electron chi connectivity index (χ0n) is 11.5. The molecule has 0 saturated carbocycles. The Labute approximate surface area is 119 Å². The second-order valence-electron chi connectivity index (χ2n) is 4.42. The molecule has 0 N–H and O–H groups in total. The van der Waals surface area contributed by atoms with Crippen molar-refractivity contribution in [3.05, 3.63) is 59.7 Å². The Balaban J connectivity index is 1.75.